The number of amides is 2. The lowest BCUT2D eigenvalue weighted by atomic mass is 9.89. The van der Waals surface area contributed by atoms with Crippen LogP contribution >= 0.6 is 0 Å². The zero-order valence-corrected chi connectivity index (χ0v) is 20.8. The number of carbonyl (C=O) groups is 2. The number of hydrogen-bond acceptors (Lipinski definition) is 3. The maximum Gasteiger partial charge on any atom is 0.258 e. The Bertz CT molecular complexity index is 1160. The third-order valence-electron chi connectivity index (χ3n) is 6.70. The molecule has 1 aliphatic rings. The van der Waals surface area contributed by atoms with Gasteiger partial charge in [-0.3, -0.25) is 9.59 Å². The van der Waals surface area contributed by atoms with Crippen molar-refractivity contribution < 1.29 is 14.3 Å². The van der Waals surface area contributed by atoms with E-state index in [4.69, 9.17) is 4.74 Å². The van der Waals surface area contributed by atoms with E-state index in [0.717, 1.165) is 36.2 Å². The Hall–Kier alpha value is -3.60. The molecule has 1 heterocycles. The van der Waals surface area contributed by atoms with E-state index in [1.807, 2.05) is 82.6 Å². The van der Waals surface area contributed by atoms with E-state index in [9.17, 15) is 9.59 Å². The largest absolute Gasteiger partial charge is 0.497 e. The molecule has 0 spiro atoms. The van der Waals surface area contributed by atoms with Crippen molar-refractivity contribution in [2.75, 3.05) is 16.9 Å². The molecule has 0 N–H and O–H groups in total. The Morgan fingerprint density at radius 1 is 0.971 bits per heavy atom. The molecule has 3 aromatic carbocycles. The number of hydrogen-bond donors (Lipinski definition) is 0. The number of ether oxygens (including phenoxy) is 1. The van der Waals surface area contributed by atoms with E-state index in [2.05, 4.69) is 13.8 Å². The van der Waals surface area contributed by atoms with Gasteiger partial charge in [0.15, 0.2) is 0 Å². The average molecular weight is 471 g/mol. The zero-order chi connectivity index (χ0) is 24.8. The molecule has 3 aromatic rings. The summed E-state index contributed by atoms with van der Waals surface area (Å²) in [6.45, 7) is 4.23. The molecule has 1 aliphatic heterocycles. The highest BCUT2D eigenvalue weighted by molar-refractivity contribution is 6.07. The fraction of sp³-hybridized carbons (Fsp3) is 0.333. The number of nitrogens with zero attached hydrogens (tertiary/aromatic N) is 2. The van der Waals surface area contributed by atoms with E-state index < -0.39 is 0 Å². The van der Waals surface area contributed by atoms with Crippen LogP contribution in [0.2, 0.25) is 0 Å². The van der Waals surface area contributed by atoms with Gasteiger partial charge >= 0.3 is 0 Å². The van der Waals surface area contributed by atoms with Crippen LogP contribution < -0.4 is 14.5 Å². The van der Waals surface area contributed by atoms with Crippen LogP contribution in [-0.2, 0) is 4.79 Å². The standard InChI is InChI=1S/C30H34N2O3/c1-4-5-7-19-29(33)31-22(2)20-28(26-17-10-11-18-27(26)31)32(24-14-8-6-9-15-24)30(34)23-13-12-16-25(21-23)35-3/h6,8-18,21-22,28H,4-5,7,19-20H2,1-3H3/t22-,28+/m0/s1. The van der Waals surface area contributed by atoms with Crippen LogP contribution in [0.3, 0.4) is 0 Å². The van der Waals surface area contributed by atoms with E-state index in [1.54, 1.807) is 13.2 Å². The van der Waals surface area contributed by atoms with Crippen molar-refractivity contribution in [1.29, 1.82) is 0 Å². The van der Waals surface area contributed by atoms with Crippen LogP contribution in [0, 0.1) is 0 Å². The Kier molecular flexibility index (Phi) is 7.86. The lowest BCUT2D eigenvalue weighted by Gasteiger charge is -2.43. The van der Waals surface area contributed by atoms with Gasteiger partial charge in [0.2, 0.25) is 5.91 Å². The summed E-state index contributed by atoms with van der Waals surface area (Å²) in [5.41, 5.74) is 3.29. The SMILES string of the molecule is CCCCCC(=O)N1c2ccccc2[C@H](N(C(=O)c2cccc(OC)c2)c2ccccc2)C[C@@H]1C. The van der Waals surface area contributed by atoms with Gasteiger partial charge in [0.1, 0.15) is 5.75 Å². The Balaban J connectivity index is 1.76. The van der Waals surface area contributed by atoms with Gasteiger partial charge in [-0.15, -0.1) is 0 Å². The lowest BCUT2D eigenvalue weighted by Crippen LogP contribution is -2.47. The number of rotatable bonds is 8. The molecule has 0 bridgehead atoms. The fourth-order valence-electron chi connectivity index (χ4n) is 4.98. The van der Waals surface area contributed by atoms with Crippen LogP contribution in [0.15, 0.2) is 78.9 Å². The molecule has 182 valence electrons. The first-order valence-corrected chi connectivity index (χ1v) is 12.5. The van der Waals surface area contributed by atoms with Gasteiger partial charge in [-0.25, -0.2) is 0 Å². The minimum absolute atomic E-state index is 0.0339. The second kappa shape index (κ2) is 11.2. The Morgan fingerprint density at radius 2 is 1.71 bits per heavy atom. The molecule has 4 rings (SSSR count). The number of anilines is 2. The molecule has 0 aromatic heterocycles. The summed E-state index contributed by atoms with van der Waals surface area (Å²) in [5, 5.41) is 0. The van der Waals surface area contributed by atoms with E-state index in [0.29, 0.717) is 24.2 Å². The molecule has 0 radical (unpaired) electrons. The fourth-order valence-corrected chi connectivity index (χ4v) is 4.98. The van der Waals surface area contributed by atoms with Crippen molar-refractivity contribution in [2.45, 2.75) is 58.0 Å². The van der Waals surface area contributed by atoms with Gasteiger partial charge in [-0.1, -0.05) is 62.2 Å². The van der Waals surface area contributed by atoms with Crippen LogP contribution in [0.1, 0.15) is 67.9 Å². The number of methoxy groups -OCH3 is 1. The maximum absolute atomic E-state index is 14.0. The summed E-state index contributed by atoms with van der Waals surface area (Å²) in [7, 11) is 1.60. The third kappa shape index (κ3) is 5.24. The first-order valence-electron chi connectivity index (χ1n) is 12.5. The second-order valence-corrected chi connectivity index (χ2v) is 9.12. The molecule has 2 atom stereocenters. The second-order valence-electron chi connectivity index (χ2n) is 9.12. The summed E-state index contributed by atoms with van der Waals surface area (Å²) in [6, 6.07) is 24.8. The first kappa shape index (κ1) is 24.5. The van der Waals surface area contributed by atoms with Crippen molar-refractivity contribution in [1.82, 2.24) is 0 Å². The Labute approximate surface area is 208 Å². The van der Waals surface area contributed by atoms with Crippen LogP contribution in [0.5, 0.6) is 5.75 Å². The Morgan fingerprint density at radius 3 is 2.46 bits per heavy atom. The molecule has 0 saturated heterocycles. The summed E-state index contributed by atoms with van der Waals surface area (Å²) in [5.74, 6) is 0.706. The summed E-state index contributed by atoms with van der Waals surface area (Å²) in [6.07, 6.45) is 4.23. The third-order valence-corrected chi connectivity index (χ3v) is 6.70. The quantitative estimate of drug-likeness (QED) is 0.341. The van der Waals surface area contributed by atoms with Crippen LogP contribution in [0.25, 0.3) is 0 Å². The predicted molar refractivity (Wildman–Crippen MR) is 141 cm³/mol. The number of unbranched alkanes of at least 4 members (excludes halogenated alkanes) is 2. The maximum atomic E-state index is 14.0. The minimum Gasteiger partial charge on any atom is -0.497 e. The van der Waals surface area contributed by atoms with Gasteiger partial charge in [-0.2, -0.15) is 0 Å². The molecule has 0 aliphatic carbocycles. The average Bonchev–Trinajstić information content (AvgIpc) is 2.89. The van der Waals surface area contributed by atoms with E-state index in [1.165, 1.54) is 0 Å². The highest BCUT2D eigenvalue weighted by Gasteiger charge is 2.38. The molecule has 5 heteroatoms. The summed E-state index contributed by atoms with van der Waals surface area (Å²) in [4.78, 5) is 31.1. The zero-order valence-electron chi connectivity index (χ0n) is 20.8. The molecular weight excluding hydrogens is 436 g/mol. The van der Waals surface area contributed by atoms with Crippen LogP contribution in [-0.4, -0.2) is 25.0 Å². The molecule has 0 fully saturated rings. The highest BCUT2D eigenvalue weighted by atomic mass is 16.5. The van der Waals surface area contributed by atoms with Crippen molar-refractivity contribution in [2.24, 2.45) is 0 Å². The van der Waals surface area contributed by atoms with Gasteiger partial charge in [0.05, 0.1) is 13.2 Å². The van der Waals surface area contributed by atoms with E-state index >= 15 is 0 Å². The number of carbonyl (C=O) groups excluding carboxylic acids is 2. The molecule has 0 saturated carbocycles. The minimum atomic E-state index is -0.206. The van der Waals surface area contributed by atoms with Crippen molar-refractivity contribution in [3.05, 3.63) is 90.0 Å². The van der Waals surface area contributed by atoms with Crippen molar-refractivity contribution in [3.8, 4) is 5.75 Å². The highest BCUT2D eigenvalue weighted by Crippen LogP contribution is 2.43. The number of para-hydroxylation sites is 2. The molecule has 2 amide bonds. The van der Waals surface area contributed by atoms with E-state index in [-0.39, 0.29) is 23.9 Å². The monoisotopic (exact) mass is 470 g/mol. The molecule has 0 unspecified atom stereocenters. The van der Waals surface area contributed by atoms with Crippen LogP contribution in [0.4, 0.5) is 11.4 Å². The summed E-state index contributed by atoms with van der Waals surface area (Å²) < 4.78 is 5.38. The normalized spacial score (nSPS) is 16.9. The van der Waals surface area contributed by atoms with Gasteiger partial charge < -0.3 is 14.5 Å². The molecule has 5 nitrogen and oxygen atoms in total. The summed E-state index contributed by atoms with van der Waals surface area (Å²) >= 11 is 0. The van der Waals surface area contributed by atoms with Gasteiger partial charge in [0, 0.05) is 29.4 Å². The first-order chi connectivity index (χ1) is 17.0. The number of fused-ring (bicyclic) bond motifs is 1. The van der Waals surface area contributed by atoms with Gasteiger partial charge in [-0.05, 0) is 61.7 Å². The van der Waals surface area contributed by atoms with Crippen molar-refractivity contribution >= 4 is 23.2 Å². The van der Waals surface area contributed by atoms with Gasteiger partial charge in [0.25, 0.3) is 5.91 Å². The smallest absolute Gasteiger partial charge is 0.258 e. The lowest BCUT2D eigenvalue weighted by molar-refractivity contribution is -0.119. The molecule has 35 heavy (non-hydrogen) atoms. The molecular formula is C30H34N2O3. The number of benzene rings is 3. The predicted octanol–water partition coefficient (Wildman–Crippen LogP) is 6.79. The topological polar surface area (TPSA) is 49.9 Å². The van der Waals surface area contributed by atoms with Crippen molar-refractivity contribution in [3.63, 3.8) is 0 Å².